The van der Waals surface area contributed by atoms with E-state index in [1.807, 2.05) is 24.3 Å². The number of nitrogens with zero attached hydrogens (tertiary/aromatic N) is 1. The van der Waals surface area contributed by atoms with Crippen LogP contribution in [-0.2, 0) is 16.0 Å². The molecular formula is C26H24N4O4. The maximum absolute atomic E-state index is 12.9. The largest absolute Gasteiger partial charge is 0.497 e. The number of rotatable bonds is 9. The fraction of sp³-hybridized carbons (Fsp3) is 0.115. The molecule has 34 heavy (non-hydrogen) atoms. The minimum Gasteiger partial charge on any atom is -0.497 e. The third-order valence-electron chi connectivity index (χ3n) is 4.96. The summed E-state index contributed by atoms with van der Waals surface area (Å²) in [5.41, 5.74) is 2.67. The van der Waals surface area contributed by atoms with Gasteiger partial charge in [-0.15, -0.1) is 0 Å². The molecule has 4 rings (SSSR count). The first-order chi connectivity index (χ1) is 16.6. The zero-order valence-corrected chi connectivity index (χ0v) is 18.6. The van der Waals surface area contributed by atoms with Crippen molar-refractivity contribution in [3.63, 3.8) is 0 Å². The standard InChI is InChI=1S/C26H24N4O4/c1-33-19-10-8-18(9-11-19)17-23(30-25(31)13-12-20-5-4-16-34-20)26(32)27-15-14-24-28-21-6-2-3-7-22(21)29-24/h2-13,16-17H,14-15H2,1H3,(H,27,32)(H,28,29)(H,30,31). The average Bonchev–Trinajstić information content (AvgIpc) is 3.52. The zero-order chi connectivity index (χ0) is 23.8. The summed E-state index contributed by atoms with van der Waals surface area (Å²) in [7, 11) is 1.58. The van der Waals surface area contributed by atoms with Gasteiger partial charge in [0.05, 0.1) is 24.4 Å². The number of hydrogen-bond acceptors (Lipinski definition) is 5. The molecule has 0 unspecified atom stereocenters. The van der Waals surface area contributed by atoms with E-state index in [0.29, 0.717) is 24.5 Å². The molecule has 0 saturated heterocycles. The quantitative estimate of drug-likeness (QED) is 0.333. The lowest BCUT2D eigenvalue weighted by atomic mass is 10.1. The first-order valence-electron chi connectivity index (χ1n) is 10.7. The molecule has 2 aromatic carbocycles. The maximum Gasteiger partial charge on any atom is 0.267 e. The van der Waals surface area contributed by atoms with Crippen molar-refractivity contribution in [2.24, 2.45) is 0 Å². The van der Waals surface area contributed by atoms with Gasteiger partial charge in [0, 0.05) is 19.0 Å². The molecule has 8 nitrogen and oxygen atoms in total. The molecule has 0 aliphatic heterocycles. The fourth-order valence-electron chi connectivity index (χ4n) is 3.26. The summed E-state index contributed by atoms with van der Waals surface area (Å²) in [5.74, 6) is 1.13. The predicted octanol–water partition coefficient (Wildman–Crippen LogP) is 3.69. The summed E-state index contributed by atoms with van der Waals surface area (Å²) in [5, 5.41) is 5.50. The number of benzene rings is 2. The van der Waals surface area contributed by atoms with Gasteiger partial charge in [0.15, 0.2) is 0 Å². The Labute approximate surface area is 196 Å². The number of ether oxygens (including phenoxy) is 1. The number of nitrogens with one attached hydrogen (secondary N) is 3. The number of hydrogen-bond donors (Lipinski definition) is 3. The Morgan fingerprint density at radius 2 is 1.91 bits per heavy atom. The van der Waals surface area contributed by atoms with E-state index in [4.69, 9.17) is 9.15 Å². The number of methoxy groups -OCH3 is 1. The van der Waals surface area contributed by atoms with E-state index < -0.39 is 11.8 Å². The summed E-state index contributed by atoms with van der Waals surface area (Å²) in [6.45, 7) is 0.344. The highest BCUT2D eigenvalue weighted by Crippen LogP contribution is 2.14. The van der Waals surface area contributed by atoms with Crippen LogP contribution in [0.1, 0.15) is 17.1 Å². The molecule has 172 valence electrons. The van der Waals surface area contributed by atoms with Gasteiger partial charge in [-0.25, -0.2) is 4.98 Å². The smallest absolute Gasteiger partial charge is 0.267 e. The third kappa shape index (κ3) is 6.01. The second-order valence-corrected chi connectivity index (χ2v) is 7.38. The van der Waals surface area contributed by atoms with Crippen molar-refractivity contribution >= 4 is 35.0 Å². The molecule has 3 N–H and O–H groups in total. The van der Waals surface area contributed by atoms with Gasteiger partial charge in [-0.2, -0.15) is 0 Å². The van der Waals surface area contributed by atoms with Gasteiger partial charge in [-0.1, -0.05) is 24.3 Å². The number of H-pyrrole nitrogens is 1. The maximum atomic E-state index is 12.9. The van der Waals surface area contributed by atoms with E-state index in [-0.39, 0.29) is 5.70 Å². The highest BCUT2D eigenvalue weighted by atomic mass is 16.5. The number of aromatic nitrogens is 2. The first-order valence-corrected chi connectivity index (χ1v) is 10.7. The van der Waals surface area contributed by atoms with Crippen LogP contribution in [0, 0.1) is 0 Å². The molecule has 0 atom stereocenters. The molecule has 0 saturated carbocycles. The Balaban J connectivity index is 1.44. The van der Waals surface area contributed by atoms with E-state index in [2.05, 4.69) is 20.6 Å². The molecule has 2 amide bonds. The number of carbonyl (C=O) groups is 2. The highest BCUT2D eigenvalue weighted by molar-refractivity contribution is 6.04. The molecule has 2 aromatic heterocycles. The van der Waals surface area contributed by atoms with Gasteiger partial charge < -0.3 is 24.8 Å². The van der Waals surface area contributed by atoms with E-state index in [0.717, 1.165) is 22.4 Å². The van der Waals surface area contributed by atoms with Crippen LogP contribution in [0.25, 0.3) is 23.2 Å². The number of amides is 2. The summed E-state index contributed by atoms with van der Waals surface area (Å²) >= 11 is 0. The average molecular weight is 457 g/mol. The number of furan rings is 1. The van der Waals surface area contributed by atoms with E-state index in [1.165, 1.54) is 18.4 Å². The molecule has 0 bridgehead atoms. The zero-order valence-electron chi connectivity index (χ0n) is 18.6. The Morgan fingerprint density at radius 1 is 1.09 bits per heavy atom. The van der Waals surface area contributed by atoms with Gasteiger partial charge in [0.2, 0.25) is 5.91 Å². The van der Waals surface area contributed by atoms with Crippen molar-refractivity contribution in [1.29, 1.82) is 0 Å². The first kappa shape index (κ1) is 22.6. The van der Waals surface area contributed by atoms with Crippen LogP contribution in [0.15, 0.2) is 83.1 Å². The van der Waals surface area contributed by atoms with Crippen molar-refractivity contribution in [3.8, 4) is 5.75 Å². The molecule has 2 heterocycles. The van der Waals surface area contributed by atoms with Crippen molar-refractivity contribution in [2.45, 2.75) is 6.42 Å². The summed E-state index contributed by atoms with van der Waals surface area (Å²) in [6.07, 6.45) is 6.47. The van der Waals surface area contributed by atoms with E-state index >= 15 is 0 Å². The Kier molecular flexibility index (Phi) is 7.19. The van der Waals surface area contributed by atoms with E-state index in [9.17, 15) is 9.59 Å². The monoisotopic (exact) mass is 456 g/mol. The third-order valence-corrected chi connectivity index (χ3v) is 4.96. The van der Waals surface area contributed by atoms with Gasteiger partial charge in [0.1, 0.15) is 23.0 Å². The molecule has 0 aliphatic rings. The lowest BCUT2D eigenvalue weighted by Gasteiger charge is -2.10. The number of aromatic amines is 1. The van der Waals surface area contributed by atoms with Crippen molar-refractivity contribution in [1.82, 2.24) is 20.6 Å². The number of carbonyl (C=O) groups excluding carboxylic acids is 2. The van der Waals surface area contributed by atoms with Crippen LogP contribution in [0.2, 0.25) is 0 Å². The molecule has 8 heteroatoms. The van der Waals surface area contributed by atoms with Gasteiger partial charge in [-0.3, -0.25) is 9.59 Å². The predicted molar refractivity (Wildman–Crippen MR) is 130 cm³/mol. The van der Waals surface area contributed by atoms with Crippen LogP contribution >= 0.6 is 0 Å². The van der Waals surface area contributed by atoms with Crippen molar-refractivity contribution in [3.05, 3.63) is 95.8 Å². The van der Waals surface area contributed by atoms with Crippen molar-refractivity contribution in [2.75, 3.05) is 13.7 Å². The molecule has 0 spiro atoms. The Hall–Kier alpha value is -4.59. The van der Waals surface area contributed by atoms with Gasteiger partial charge in [0.25, 0.3) is 5.91 Å². The summed E-state index contributed by atoms with van der Waals surface area (Å²) < 4.78 is 10.4. The van der Waals surface area contributed by atoms with Crippen LogP contribution in [0.4, 0.5) is 0 Å². The Bertz CT molecular complexity index is 1290. The molecule has 0 fully saturated rings. The van der Waals surface area contributed by atoms with Crippen LogP contribution in [0.3, 0.4) is 0 Å². The number of fused-ring (bicyclic) bond motifs is 1. The van der Waals surface area contributed by atoms with Gasteiger partial charge in [-0.05, 0) is 54.1 Å². The minimum absolute atomic E-state index is 0.115. The second kappa shape index (κ2) is 10.8. The highest BCUT2D eigenvalue weighted by Gasteiger charge is 2.13. The summed E-state index contributed by atoms with van der Waals surface area (Å²) in [4.78, 5) is 33.1. The molecule has 4 aromatic rings. The number of para-hydroxylation sites is 2. The Morgan fingerprint density at radius 3 is 2.65 bits per heavy atom. The fourth-order valence-corrected chi connectivity index (χ4v) is 3.26. The molecule has 0 aliphatic carbocycles. The van der Waals surface area contributed by atoms with Crippen LogP contribution in [0.5, 0.6) is 5.75 Å². The topological polar surface area (TPSA) is 109 Å². The lowest BCUT2D eigenvalue weighted by molar-refractivity contribution is -0.121. The van der Waals surface area contributed by atoms with Crippen LogP contribution in [-0.4, -0.2) is 35.4 Å². The lowest BCUT2D eigenvalue weighted by Crippen LogP contribution is -2.35. The second-order valence-electron chi connectivity index (χ2n) is 7.38. The van der Waals surface area contributed by atoms with Gasteiger partial charge >= 0.3 is 0 Å². The minimum atomic E-state index is -0.455. The SMILES string of the molecule is COc1ccc(C=C(NC(=O)C=Cc2ccco2)C(=O)NCCc2nc3ccccc3[nH]2)cc1. The molecular weight excluding hydrogens is 432 g/mol. The molecule has 0 radical (unpaired) electrons. The summed E-state index contributed by atoms with van der Waals surface area (Å²) in [6, 6.07) is 18.3. The van der Waals surface area contributed by atoms with E-state index in [1.54, 1.807) is 49.6 Å². The number of imidazole rings is 1. The van der Waals surface area contributed by atoms with Crippen molar-refractivity contribution < 1.29 is 18.7 Å². The van der Waals surface area contributed by atoms with Crippen LogP contribution < -0.4 is 15.4 Å². The normalized spacial score (nSPS) is 11.6.